The molecule has 1 aromatic carbocycles. The summed E-state index contributed by atoms with van der Waals surface area (Å²) < 4.78 is 14.8. The zero-order valence-corrected chi connectivity index (χ0v) is 24.1. The maximum absolute atomic E-state index is 12.5. The Morgan fingerprint density at radius 2 is 2.00 bits per heavy atom. The van der Waals surface area contributed by atoms with Crippen molar-refractivity contribution >= 4 is 41.0 Å². The number of rotatable bonds is 10. The summed E-state index contributed by atoms with van der Waals surface area (Å²) in [7, 11) is 1.77. The molecule has 38 heavy (non-hydrogen) atoms. The first-order valence-electron chi connectivity index (χ1n) is 13.0. The van der Waals surface area contributed by atoms with Gasteiger partial charge in [0.15, 0.2) is 0 Å². The van der Waals surface area contributed by atoms with Crippen LogP contribution in [0.5, 0.6) is 0 Å². The number of nitrogens with zero attached hydrogens (tertiary/aromatic N) is 3. The van der Waals surface area contributed by atoms with Crippen molar-refractivity contribution in [2.75, 3.05) is 19.1 Å². The Labute approximate surface area is 235 Å². The fourth-order valence-electron chi connectivity index (χ4n) is 4.85. The molecule has 1 saturated heterocycles. The molecule has 1 N–H and O–H groups in total. The third-order valence-electron chi connectivity index (χ3n) is 6.80. The maximum Gasteiger partial charge on any atom is 0.323 e. The van der Waals surface area contributed by atoms with E-state index in [4.69, 9.17) is 26.1 Å². The van der Waals surface area contributed by atoms with Crippen LogP contribution in [0.3, 0.4) is 0 Å². The molecular formula is C28H38Cl2N4O4. The largest absolute Gasteiger partial charge is 0.462 e. The molecule has 208 valence electrons. The van der Waals surface area contributed by atoms with E-state index in [1.165, 1.54) is 0 Å². The van der Waals surface area contributed by atoms with Gasteiger partial charge in [-0.25, -0.2) is 4.98 Å². The molecule has 0 radical (unpaired) electrons. The highest BCUT2D eigenvalue weighted by molar-refractivity contribution is 6.18. The van der Waals surface area contributed by atoms with E-state index in [1.54, 1.807) is 11.6 Å². The highest BCUT2D eigenvalue weighted by Gasteiger charge is 2.22. The minimum atomic E-state index is -0.467. The van der Waals surface area contributed by atoms with Gasteiger partial charge in [-0.15, -0.1) is 24.0 Å². The number of benzene rings is 1. The molecule has 1 fully saturated rings. The molecule has 0 spiro atoms. The number of nitrogens with one attached hydrogen (secondary N) is 1. The van der Waals surface area contributed by atoms with Crippen molar-refractivity contribution < 1.29 is 14.3 Å². The van der Waals surface area contributed by atoms with E-state index in [-0.39, 0.29) is 30.0 Å². The number of aryl methyl sites for hydroxylation is 2. The molecule has 0 amide bonds. The van der Waals surface area contributed by atoms with Crippen molar-refractivity contribution in [3.8, 4) is 11.4 Å². The topological polar surface area (TPSA) is 87.4 Å². The number of imidazole rings is 1. The van der Waals surface area contributed by atoms with Gasteiger partial charge in [0.25, 0.3) is 5.56 Å². The number of aromatic nitrogens is 3. The Bertz CT molecular complexity index is 1270. The van der Waals surface area contributed by atoms with Gasteiger partial charge in [-0.2, -0.15) is 0 Å². The van der Waals surface area contributed by atoms with Gasteiger partial charge in [-0.3, -0.25) is 9.59 Å². The summed E-state index contributed by atoms with van der Waals surface area (Å²) in [4.78, 5) is 29.8. The first-order valence-corrected chi connectivity index (χ1v) is 13.5. The Morgan fingerprint density at radius 1 is 1.26 bits per heavy atom. The van der Waals surface area contributed by atoms with Crippen LogP contribution in [0.1, 0.15) is 44.2 Å². The number of alkyl halides is 1. The van der Waals surface area contributed by atoms with Crippen molar-refractivity contribution in [1.29, 1.82) is 0 Å². The van der Waals surface area contributed by atoms with Gasteiger partial charge in [-0.1, -0.05) is 6.07 Å². The Hall–Kier alpha value is -2.39. The van der Waals surface area contributed by atoms with Gasteiger partial charge in [0, 0.05) is 56.6 Å². The van der Waals surface area contributed by atoms with Gasteiger partial charge in [0.1, 0.15) is 11.9 Å². The number of pyridine rings is 1. The van der Waals surface area contributed by atoms with Crippen molar-refractivity contribution in [2.24, 2.45) is 13.0 Å². The average molecular weight is 566 g/mol. The zero-order valence-electron chi connectivity index (χ0n) is 22.5. The second kappa shape index (κ2) is 13.6. The smallest absolute Gasteiger partial charge is 0.323 e. The Balaban J connectivity index is 0.00000400. The van der Waals surface area contributed by atoms with E-state index in [0.29, 0.717) is 30.3 Å². The lowest BCUT2D eigenvalue weighted by molar-refractivity contribution is -0.150. The molecular weight excluding hydrogens is 527 g/mol. The minimum absolute atomic E-state index is 0. The number of halogens is 2. The molecule has 2 aromatic heterocycles. The number of carbonyl (C=O) groups is 1. The quantitative estimate of drug-likeness (QED) is 0.286. The molecule has 0 saturated carbocycles. The second-order valence-corrected chi connectivity index (χ2v) is 10.5. The van der Waals surface area contributed by atoms with Crippen LogP contribution in [0, 0.1) is 12.8 Å². The van der Waals surface area contributed by atoms with Crippen molar-refractivity contribution in [3.63, 3.8) is 0 Å². The lowest BCUT2D eigenvalue weighted by Gasteiger charge is -2.23. The van der Waals surface area contributed by atoms with Gasteiger partial charge >= 0.3 is 5.97 Å². The molecule has 4 rings (SSSR count). The first-order chi connectivity index (χ1) is 17.8. The summed E-state index contributed by atoms with van der Waals surface area (Å²) in [6.45, 7) is 8.41. The third kappa shape index (κ3) is 7.17. The molecule has 0 aliphatic carbocycles. The highest BCUT2D eigenvalue weighted by atomic mass is 35.5. The molecule has 1 aliphatic rings. The van der Waals surface area contributed by atoms with E-state index in [1.807, 2.05) is 33.0 Å². The first kappa shape index (κ1) is 30.2. The van der Waals surface area contributed by atoms with Crippen LogP contribution in [0.2, 0.25) is 0 Å². The van der Waals surface area contributed by atoms with Crippen LogP contribution in [-0.2, 0) is 34.4 Å². The van der Waals surface area contributed by atoms with Gasteiger partial charge in [0.2, 0.25) is 0 Å². The molecule has 1 atom stereocenters. The summed E-state index contributed by atoms with van der Waals surface area (Å²) in [6, 6.07) is 7.68. The summed E-state index contributed by atoms with van der Waals surface area (Å²) >= 11 is 5.94. The molecule has 0 bridgehead atoms. The number of carbonyl (C=O) groups excluding carboxylic acids is 1. The summed E-state index contributed by atoms with van der Waals surface area (Å²) in [5.74, 6) is 1.43. The fourth-order valence-corrected chi connectivity index (χ4v) is 5.06. The van der Waals surface area contributed by atoms with Crippen molar-refractivity contribution in [1.82, 2.24) is 19.4 Å². The number of ether oxygens (including phenoxy) is 2. The van der Waals surface area contributed by atoms with E-state index < -0.39 is 6.04 Å². The van der Waals surface area contributed by atoms with E-state index in [0.717, 1.165) is 60.6 Å². The predicted molar refractivity (Wildman–Crippen MR) is 153 cm³/mol. The predicted octanol–water partition coefficient (Wildman–Crippen LogP) is 4.60. The Morgan fingerprint density at radius 3 is 2.66 bits per heavy atom. The Kier molecular flexibility index (Phi) is 10.8. The number of fused-ring (bicyclic) bond motifs is 1. The standard InChI is InChI=1S/C28H37ClN4O4.ClH/c1-18(2)37-28(35)23(7-10-29)30-15-21-5-6-25-24(14-21)31-26(22-13-19(3)27(34)32(4)17-22)33(25)16-20-8-11-36-12-9-20;/h5-6,13-14,17-18,20,23,30H,7-12,15-16H2,1-4H3;1H/t23-;/m0./s1. The van der Waals surface area contributed by atoms with Crippen LogP contribution in [-0.4, -0.2) is 51.3 Å². The van der Waals surface area contributed by atoms with Gasteiger partial charge < -0.3 is 23.9 Å². The zero-order chi connectivity index (χ0) is 26.5. The molecule has 1 aliphatic heterocycles. The van der Waals surface area contributed by atoms with E-state index in [9.17, 15) is 9.59 Å². The van der Waals surface area contributed by atoms with Crippen LogP contribution in [0.15, 0.2) is 35.3 Å². The van der Waals surface area contributed by atoms with Crippen LogP contribution >= 0.6 is 24.0 Å². The summed E-state index contributed by atoms with van der Waals surface area (Å²) in [6.07, 6.45) is 4.20. The van der Waals surface area contributed by atoms with Crippen LogP contribution < -0.4 is 10.9 Å². The van der Waals surface area contributed by atoms with Crippen molar-refractivity contribution in [3.05, 3.63) is 51.9 Å². The second-order valence-electron chi connectivity index (χ2n) is 10.1. The fraction of sp³-hybridized carbons (Fsp3) is 0.536. The molecule has 3 heterocycles. The van der Waals surface area contributed by atoms with Crippen molar-refractivity contribution in [2.45, 2.75) is 65.3 Å². The van der Waals surface area contributed by atoms with Gasteiger partial charge in [-0.05, 0) is 69.7 Å². The SMILES string of the molecule is Cc1cc(-c2nc3cc(CN[C@@H](CCCl)C(=O)OC(C)C)ccc3n2CC2CCOCC2)cn(C)c1=O.Cl. The molecule has 0 unspecified atom stereocenters. The van der Waals surface area contributed by atoms with Crippen LogP contribution in [0.4, 0.5) is 0 Å². The third-order valence-corrected chi connectivity index (χ3v) is 7.02. The van der Waals surface area contributed by atoms with E-state index >= 15 is 0 Å². The number of hydrogen-bond acceptors (Lipinski definition) is 6. The van der Waals surface area contributed by atoms with E-state index in [2.05, 4.69) is 28.1 Å². The normalized spacial score (nSPS) is 15.0. The average Bonchev–Trinajstić information content (AvgIpc) is 3.22. The molecule has 3 aromatic rings. The maximum atomic E-state index is 12.5. The lowest BCUT2D eigenvalue weighted by Crippen LogP contribution is -2.39. The number of hydrogen-bond donors (Lipinski definition) is 1. The summed E-state index contributed by atoms with van der Waals surface area (Å²) in [5.41, 5.74) is 4.55. The van der Waals surface area contributed by atoms with Gasteiger partial charge in [0.05, 0.1) is 17.1 Å². The minimum Gasteiger partial charge on any atom is -0.462 e. The monoisotopic (exact) mass is 564 g/mol. The molecule has 8 nitrogen and oxygen atoms in total. The highest BCUT2D eigenvalue weighted by Crippen LogP contribution is 2.29. The number of esters is 1. The van der Waals surface area contributed by atoms with Crippen LogP contribution in [0.25, 0.3) is 22.4 Å². The summed E-state index contributed by atoms with van der Waals surface area (Å²) in [5, 5.41) is 3.30. The lowest BCUT2D eigenvalue weighted by atomic mass is 10.00. The molecule has 10 heteroatoms.